The SMILES string of the molecule is COc1cccc(/C=C/C(=O)c2ccc3c(c2)OCO3)c1OC(F)F. The zero-order chi connectivity index (χ0) is 17.8. The third-order valence-electron chi connectivity index (χ3n) is 3.51. The standard InChI is InChI=1S/C18H14F2O5/c1-22-15-4-2-3-11(17(15)25-18(19)20)5-7-13(21)12-6-8-14-16(9-12)24-10-23-14/h2-9,18H,10H2,1H3/b7-5+. The molecule has 0 saturated carbocycles. The number of allylic oxidation sites excluding steroid dienone is 1. The highest BCUT2D eigenvalue weighted by Crippen LogP contribution is 2.34. The van der Waals surface area contributed by atoms with Crippen LogP contribution in [-0.2, 0) is 0 Å². The fraction of sp³-hybridized carbons (Fsp3) is 0.167. The maximum atomic E-state index is 12.6. The smallest absolute Gasteiger partial charge is 0.387 e. The van der Waals surface area contributed by atoms with E-state index in [0.29, 0.717) is 22.6 Å². The van der Waals surface area contributed by atoms with Gasteiger partial charge in [-0.1, -0.05) is 12.1 Å². The Kier molecular flexibility index (Phi) is 4.83. The average molecular weight is 348 g/mol. The number of benzene rings is 2. The highest BCUT2D eigenvalue weighted by Gasteiger charge is 2.16. The number of ketones is 1. The van der Waals surface area contributed by atoms with E-state index in [1.54, 1.807) is 30.3 Å². The van der Waals surface area contributed by atoms with Gasteiger partial charge in [0.25, 0.3) is 0 Å². The summed E-state index contributed by atoms with van der Waals surface area (Å²) in [5.74, 6) is 0.764. The molecule has 7 heteroatoms. The van der Waals surface area contributed by atoms with Gasteiger partial charge >= 0.3 is 6.61 Å². The number of halogens is 2. The van der Waals surface area contributed by atoms with Gasteiger partial charge in [-0.05, 0) is 36.4 Å². The molecule has 1 aliphatic heterocycles. The molecule has 0 aliphatic carbocycles. The lowest BCUT2D eigenvalue weighted by Crippen LogP contribution is -2.05. The van der Waals surface area contributed by atoms with Crippen molar-refractivity contribution in [1.29, 1.82) is 0 Å². The number of para-hydroxylation sites is 1. The van der Waals surface area contributed by atoms with Crippen LogP contribution in [0.15, 0.2) is 42.5 Å². The van der Waals surface area contributed by atoms with Crippen LogP contribution in [0.4, 0.5) is 8.78 Å². The van der Waals surface area contributed by atoms with Crippen LogP contribution in [-0.4, -0.2) is 26.3 Å². The first kappa shape index (κ1) is 16.8. The minimum atomic E-state index is -3.01. The second-order valence-electron chi connectivity index (χ2n) is 5.02. The summed E-state index contributed by atoms with van der Waals surface area (Å²) in [6.45, 7) is -2.89. The number of hydrogen-bond acceptors (Lipinski definition) is 5. The zero-order valence-corrected chi connectivity index (χ0v) is 13.2. The van der Waals surface area contributed by atoms with E-state index in [9.17, 15) is 13.6 Å². The third kappa shape index (κ3) is 3.71. The molecular weight excluding hydrogens is 334 g/mol. The molecule has 0 radical (unpaired) electrons. The Morgan fingerprint density at radius 3 is 2.76 bits per heavy atom. The highest BCUT2D eigenvalue weighted by molar-refractivity contribution is 6.07. The first-order valence-electron chi connectivity index (χ1n) is 7.32. The molecule has 0 bridgehead atoms. The van der Waals surface area contributed by atoms with Gasteiger partial charge in [0.05, 0.1) is 7.11 Å². The van der Waals surface area contributed by atoms with Crippen LogP contribution in [0.2, 0.25) is 0 Å². The van der Waals surface area contributed by atoms with Crippen molar-refractivity contribution in [2.75, 3.05) is 13.9 Å². The predicted molar refractivity (Wildman–Crippen MR) is 85.6 cm³/mol. The largest absolute Gasteiger partial charge is 0.493 e. The van der Waals surface area contributed by atoms with Gasteiger partial charge in [0.2, 0.25) is 6.79 Å². The number of hydrogen-bond donors (Lipinski definition) is 0. The Morgan fingerprint density at radius 2 is 2.00 bits per heavy atom. The molecule has 0 amide bonds. The van der Waals surface area contributed by atoms with Crippen molar-refractivity contribution >= 4 is 11.9 Å². The Balaban J connectivity index is 1.85. The molecule has 0 saturated heterocycles. The summed E-state index contributed by atoms with van der Waals surface area (Å²) in [5.41, 5.74) is 0.688. The summed E-state index contributed by atoms with van der Waals surface area (Å²) < 4.78 is 45.2. The first-order chi connectivity index (χ1) is 12.1. The van der Waals surface area contributed by atoms with E-state index in [4.69, 9.17) is 14.2 Å². The molecule has 5 nitrogen and oxygen atoms in total. The van der Waals surface area contributed by atoms with Gasteiger partial charge in [-0.25, -0.2) is 0 Å². The molecule has 2 aromatic rings. The number of rotatable bonds is 6. The first-order valence-corrected chi connectivity index (χ1v) is 7.32. The summed E-state index contributed by atoms with van der Waals surface area (Å²) in [5, 5.41) is 0. The van der Waals surface area contributed by atoms with E-state index >= 15 is 0 Å². The molecule has 3 rings (SSSR count). The monoisotopic (exact) mass is 348 g/mol. The van der Waals surface area contributed by atoms with E-state index in [2.05, 4.69) is 4.74 Å². The van der Waals surface area contributed by atoms with Crippen molar-refractivity contribution in [3.63, 3.8) is 0 Å². The quantitative estimate of drug-likeness (QED) is 0.585. The molecule has 0 spiro atoms. The normalized spacial score (nSPS) is 12.6. The maximum absolute atomic E-state index is 12.6. The second-order valence-corrected chi connectivity index (χ2v) is 5.02. The molecule has 0 N–H and O–H groups in total. The fourth-order valence-electron chi connectivity index (χ4n) is 2.35. The molecule has 25 heavy (non-hydrogen) atoms. The van der Waals surface area contributed by atoms with Crippen LogP contribution in [0, 0.1) is 0 Å². The van der Waals surface area contributed by atoms with Gasteiger partial charge in [-0.15, -0.1) is 0 Å². The van der Waals surface area contributed by atoms with Crippen molar-refractivity contribution in [2.24, 2.45) is 0 Å². The summed E-state index contributed by atoms with van der Waals surface area (Å²) in [7, 11) is 1.35. The molecule has 0 fully saturated rings. The van der Waals surface area contributed by atoms with Crippen molar-refractivity contribution in [1.82, 2.24) is 0 Å². The molecule has 2 aromatic carbocycles. The molecule has 0 aromatic heterocycles. The molecular formula is C18H14F2O5. The minimum absolute atomic E-state index is 0.112. The Bertz CT molecular complexity index is 817. The number of fused-ring (bicyclic) bond motifs is 1. The molecule has 1 heterocycles. The fourth-order valence-corrected chi connectivity index (χ4v) is 2.35. The molecule has 0 atom stereocenters. The lowest BCUT2D eigenvalue weighted by Gasteiger charge is -2.12. The van der Waals surface area contributed by atoms with E-state index in [-0.39, 0.29) is 24.1 Å². The number of alkyl halides is 2. The van der Waals surface area contributed by atoms with E-state index in [1.165, 1.54) is 25.3 Å². The van der Waals surface area contributed by atoms with Crippen LogP contribution in [0.3, 0.4) is 0 Å². The Morgan fingerprint density at radius 1 is 1.20 bits per heavy atom. The van der Waals surface area contributed by atoms with Gasteiger partial charge in [-0.3, -0.25) is 4.79 Å². The topological polar surface area (TPSA) is 54.0 Å². The van der Waals surface area contributed by atoms with Crippen LogP contribution in [0.5, 0.6) is 23.0 Å². The number of methoxy groups -OCH3 is 1. The van der Waals surface area contributed by atoms with Crippen molar-refractivity contribution in [2.45, 2.75) is 6.61 Å². The average Bonchev–Trinajstić information content (AvgIpc) is 3.07. The van der Waals surface area contributed by atoms with Gasteiger partial charge in [0.1, 0.15) is 0 Å². The molecule has 0 unspecified atom stereocenters. The zero-order valence-electron chi connectivity index (χ0n) is 13.2. The van der Waals surface area contributed by atoms with Gasteiger partial charge in [0.15, 0.2) is 28.8 Å². The Hall–Kier alpha value is -3.09. The van der Waals surface area contributed by atoms with Crippen LogP contribution in [0.25, 0.3) is 6.08 Å². The van der Waals surface area contributed by atoms with Gasteiger partial charge < -0.3 is 18.9 Å². The molecule has 1 aliphatic rings. The summed E-state index contributed by atoms with van der Waals surface area (Å²) >= 11 is 0. The number of carbonyl (C=O) groups is 1. The summed E-state index contributed by atoms with van der Waals surface area (Å²) in [6, 6.07) is 9.46. The summed E-state index contributed by atoms with van der Waals surface area (Å²) in [4.78, 5) is 12.3. The maximum Gasteiger partial charge on any atom is 0.387 e. The van der Waals surface area contributed by atoms with Gasteiger partial charge in [0, 0.05) is 11.1 Å². The number of ether oxygens (including phenoxy) is 4. The molecule has 130 valence electrons. The van der Waals surface area contributed by atoms with Crippen molar-refractivity contribution in [3.05, 3.63) is 53.6 Å². The van der Waals surface area contributed by atoms with Crippen LogP contribution < -0.4 is 18.9 Å². The second kappa shape index (κ2) is 7.21. The lowest BCUT2D eigenvalue weighted by molar-refractivity contribution is -0.0513. The Labute approximate surface area is 142 Å². The van der Waals surface area contributed by atoms with Gasteiger partial charge in [-0.2, -0.15) is 8.78 Å². The van der Waals surface area contributed by atoms with E-state index in [1.807, 2.05) is 0 Å². The van der Waals surface area contributed by atoms with E-state index < -0.39 is 6.61 Å². The summed E-state index contributed by atoms with van der Waals surface area (Å²) in [6.07, 6.45) is 2.66. The predicted octanol–water partition coefficient (Wildman–Crippen LogP) is 3.92. The number of carbonyl (C=O) groups excluding carboxylic acids is 1. The van der Waals surface area contributed by atoms with Crippen molar-refractivity contribution < 1.29 is 32.5 Å². The third-order valence-corrected chi connectivity index (χ3v) is 3.51. The highest BCUT2D eigenvalue weighted by atomic mass is 19.3. The lowest BCUT2D eigenvalue weighted by atomic mass is 10.1. The minimum Gasteiger partial charge on any atom is -0.493 e. The van der Waals surface area contributed by atoms with E-state index in [0.717, 1.165) is 0 Å². The van der Waals surface area contributed by atoms with Crippen LogP contribution >= 0.6 is 0 Å². The van der Waals surface area contributed by atoms with Crippen molar-refractivity contribution in [3.8, 4) is 23.0 Å². The van der Waals surface area contributed by atoms with Crippen LogP contribution in [0.1, 0.15) is 15.9 Å².